The summed E-state index contributed by atoms with van der Waals surface area (Å²) in [6, 6.07) is 3.46. The molecule has 0 aliphatic heterocycles. The summed E-state index contributed by atoms with van der Waals surface area (Å²) in [4.78, 5) is 10.2. The largest absolute Gasteiger partial charge is 0.383 e. The second kappa shape index (κ2) is 5.98. The molecule has 1 atom stereocenters. The number of nitro benzene ring substituents is 1. The van der Waals surface area contributed by atoms with Crippen LogP contribution in [0.1, 0.15) is 20.3 Å². The molecule has 0 radical (unpaired) electrons. The van der Waals surface area contributed by atoms with Crippen molar-refractivity contribution in [1.29, 1.82) is 0 Å². The van der Waals surface area contributed by atoms with Crippen molar-refractivity contribution in [3.05, 3.63) is 28.3 Å². The highest BCUT2D eigenvalue weighted by Gasteiger charge is 2.21. The van der Waals surface area contributed by atoms with E-state index in [0.717, 1.165) is 0 Å². The number of nitrogens with zero attached hydrogens (tertiary/aromatic N) is 1. The highest BCUT2D eigenvalue weighted by atomic mass is 32.2. The van der Waals surface area contributed by atoms with Crippen molar-refractivity contribution in [3.63, 3.8) is 0 Å². The van der Waals surface area contributed by atoms with Crippen molar-refractivity contribution in [1.82, 2.24) is 4.72 Å². The zero-order chi connectivity index (χ0) is 14.6. The molecule has 1 aromatic rings. The molecule has 0 amide bonds. The van der Waals surface area contributed by atoms with Gasteiger partial charge in [-0.15, -0.1) is 0 Å². The Labute approximate surface area is 112 Å². The standard InChI is InChI=1S/C11H17N3O4S/c1-4-8(2)13-19(17,18)9-5-6-11(14(15)16)10(7-9)12-3/h5-8,12-13H,4H2,1-3H3. The molecular weight excluding hydrogens is 270 g/mol. The zero-order valence-corrected chi connectivity index (χ0v) is 11.8. The lowest BCUT2D eigenvalue weighted by Gasteiger charge is -2.12. The average molecular weight is 287 g/mol. The smallest absolute Gasteiger partial charge is 0.292 e. The molecule has 0 saturated heterocycles. The van der Waals surface area contributed by atoms with E-state index in [2.05, 4.69) is 10.0 Å². The van der Waals surface area contributed by atoms with Crippen LogP contribution in [-0.4, -0.2) is 26.4 Å². The zero-order valence-electron chi connectivity index (χ0n) is 11.0. The Bertz CT molecular complexity index is 571. The molecule has 0 saturated carbocycles. The first-order chi connectivity index (χ1) is 8.81. The van der Waals surface area contributed by atoms with Crippen molar-refractivity contribution in [2.75, 3.05) is 12.4 Å². The number of hydrogen-bond acceptors (Lipinski definition) is 5. The number of nitrogens with one attached hydrogen (secondary N) is 2. The van der Waals surface area contributed by atoms with Gasteiger partial charge >= 0.3 is 0 Å². The fourth-order valence-electron chi connectivity index (χ4n) is 1.46. The average Bonchev–Trinajstić information content (AvgIpc) is 2.37. The van der Waals surface area contributed by atoms with E-state index in [9.17, 15) is 18.5 Å². The van der Waals surface area contributed by atoms with Gasteiger partial charge in [0.2, 0.25) is 10.0 Å². The van der Waals surface area contributed by atoms with Gasteiger partial charge in [-0.3, -0.25) is 10.1 Å². The van der Waals surface area contributed by atoms with Gasteiger partial charge in [0.25, 0.3) is 5.69 Å². The Hall–Kier alpha value is -1.67. The van der Waals surface area contributed by atoms with E-state index in [1.165, 1.54) is 25.2 Å². The Kier molecular flexibility index (Phi) is 4.84. The summed E-state index contributed by atoms with van der Waals surface area (Å²) in [5, 5.41) is 13.4. The van der Waals surface area contributed by atoms with Crippen molar-refractivity contribution in [2.24, 2.45) is 0 Å². The normalized spacial score (nSPS) is 13.0. The lowest BCUT2D eigenvalue weighted by molar-refractivity contribution is -0.384. The van der Waals surface area contributed by atoms with E-state index in [0.29, 0.717) is 6.42 Å². The topological polar surface area (TPSA) is 101 Å². The van der Waals surface area contributed by atoms with E-state index in [1.54, 1.807) is 6.92 Å². The first-order valence-electron chi connectivity index (χ1n) is 5.80. The van der Waals surface area contributed by atoms with Crippen LogP contribution in [0.15, 0.2) is 23.1 Å². The first kappa shape index (κ1) is 15.4. The Morgan fingerprint density at radius 2 is 2.05 bits per heavy atom. The number of benzene rings is 1. The summed E-state index contributed by atoms with van der Waals surface area (Å²) in [7, 11) is -2.16. The van der Waals surface area contributed by atoms with Crippen LogP contribution in [0.4, 0.5) is 11.4 Å². The third-order valence-electron chi connectivity index (χ3n) is 2.71. The van der Waals surface area contributed by atoms with Crippen molar-refractivity contribution in [3.8, 4) is 0 Å². The second-order valence-corrected chi connectivity index (χ2v) is 5.83. The molecule has 106 valence electrons. The highest BCUT2D eigenvalue weighted by Crippen LogP contribution is 2.26. The van der Waals surface area contributed by atoms with Gasteiger partial charge in [-0.1, -0.05) is 6.92 Å². The summed E-state index contributed by atoms with van der Waals surface area (Å²) < 4.78 is 26.6. The van der Waals surface area contributed by atoms with Crippen LogP contribution in [0.2, 0.25) is 0 Å². The molecule has 0 aromatic heterocycles. The number of rotatable bonds is 6. The number of hydrogen-bond donors (Lipinski definition) is 2. The van der Waals surface area contributed by atoms with Crippen molar-refractivity contribution >= 4 is 21.4 Å². The molecule has 0 spiro atoms. The summed E-state index contributed by atoms with van der Waals surface area (Å²) in [5.74, 6) is 0. The van der Waals surface area contributed by atoms with Crippen LogP contribution in [0, 0.1) is 10.1 Å². The third-order valence-corrected chi connectivity index (χ3v) is 4.30. The van der Waals surface area contributed by atoms with E-state index >= 15 is 0 Å². The molecule has 19 heavy (non-hydrogen) atoms. The summed E-state index contributed by atoms with van der Waals surface area (Å²) >= 11 is 0. The second-order valence-electron chi connectivity index (χ2n) is 4.12. The molecule has 0 aliphatic carbocycles. The summed E-state index contributed by atoms with van der Waals surface area (Å²) in [5.41, 5.74) is 0.00187. The van der Waals surface area contributed by atoms with Crippen molar-refractivity contribution in [2.45, 2.75) is 31.2 Å². The Morgan fingerprint density at radius 3 is 2.53 bits per heavy atom. The number of sulfonamides is 1. The molecular formula is C11H17N3O4S. The molecule has 0 aliphatic rings. The van der Waals surface area contributed by atoms with Gasteiger partial charge in [-0.25, -0.2) is 13.1 Å². The van der Waals surface area contributed by atoms with E-state index in [1.807, 2.05) is 6.92 Å². The molecule has 0 bridgehead atoms. The predicted octanol–water partition coefficient (Wildman–Crippen LogP) is 1.71. The quantitative estimate of drug-likeness (QED) is 0.612. The van der Waals surface area contributed by atoms with Gasteiger partial charge in [0, 0.05) is 19.2 Å². The minimum Gasteiger partial charge on any atom is -0.383 e. The van der Waals surface area contributed by atoms with Crippen LogP contribution >= 0.6 is 0 Å². The monoisotopic (exact) mass is 287 g/mol. The highest BCUT2D eigenvalue weighted by molar-refractivity contribution is 7.89. The summed E-state index contributed by atoms with van der Waals surface area (Å²) in [6.45, 7) is 3.62. The molecule has 1 unspecified atom stereocenters. The van der Waals surface area contributed by atoms with Crippen LogP contribution in [0.3, 0.4) is 0 Å². The molecule has 0 fully saturated rings. The lowest BCUT2D eigenvalue weighted by Crippen LogP contribution is -2.32. The third kappa shape index (κ3) is 3.65. The Balaban J connectivity index is 3.19. The number of anilines is 1. The van der Waals surface area contributed by atoms with Gasteiger partial charge in [-0.05, 0) is 25.5 Å². The van der Waals surface area contributed by atoms with Gasteiger partial charge in [-0.2, -0.15) is 0 Å². The fourth-order valence-corrected chi connectivity index (χ4v) is 2.81. The van der Waals surface area contributed by atoms with Crippen molar-refractivity contribution < 1.29 is 13.3 Å². The maximum absolute atomic E-state index is 12.0. The maximum Gasteiger partial charge on any atom is 0.292 e. The van der Waals surface area contributed by atoms with E-state index < -0.39 is 14.9 Å². The van der Waals surface area contributed by atoms with Gasteiger partial charge in [0.05, 0.1) is 9.82 Å². The SMILES string of the molecule is CCC(C)NS(=O)(=O)c1ccc([N+](=O)[O-])c(NC)c1. The van der Waals surface area contributed by atoms with Gasteiger partial charge in [0.15, 0.2) is 0 Å². The first-order valence-corrected chi connectivity index (χ1v) is 7.28. The molecule has 8 heteroatoms. The molecule has 1 rings (SSSR count). The van der Waals surface area contributed by atoms with Crippen LogP contribution in [-0.2, 0) is 10.0 Å². The predicted molar refractivity (Wildman–Crippen MR) is 72.7 cm³/mol. The minimum atomic E-state index is -3.66. The summed E-state index contributed by atoms with van der Waals surface area (Å²) in [6.07, 6.45) is 0.658. The van der Waals surface area contributed by atoms with Gasteiger partial charge < -0.3 is 5.32 Å². The fraction of sp³-hybridized carbons (Fsp3) is 0.455. The van der Waals surface area contributed by atoms with E-state index in [4.69, 9.17) is 0 Å². The Morgan fingerprint density at radius 1 is 1.42 bits per heavy atom. The van der Waals surface area contributed by atoms with Crippen LogP contribution in [0.5, 0.6) is 0 Å². The van der Waals surface area contributed by atoms with E-state index in [-0.39, 0.29) is 22.3 Å². The van der Waals surface area contributed by atoms with Gasteiger partial charge in [0.1, 0.15) is 5.69 Å². The molecule has 2 N–H and O–H groups in total. The minimum absolute atomic E-state index is 0.00255. The van der Waals surface area contributed by atoms with Crippen LogP contribution in [0.25, 0.3) is 0 Å². The maximum atomic E-state index is 12.0. The van der Waals surface area contributed by atoms with Crippen LogP contribution < -0.4 is 10.0 Å². The molecule has 1 aromatic carbocycles. The number of nitro groups is 1. The lowest BCUT2D eigenvalue weighted by atomic mass is 10.3. The molecule has 7 nitrogen and oxygen atoms in total. The molecule has 0 heterocycles.